The Bertz CT molecular complexity index is 1360. The van der Waals surface area contributed by atoms with Gasteiger partial charge in [-0.3, -0.25) is 13.9 Å². The molecule has 11 heteroatoms. The van der Waals surface area contributed by atoms with Crippen LogP contribution in [0.1, 0.15) is 12.5 Å². The van der Waals surface area contributed by atoms with Crippen molar-refractivity contribution in [3.05, 3.63) is 92.9 Å². The fraction of sp³-hybridized carbons (Fsp3) is 0.200. The smallest absolute Gasteiger partial charge is 0.264 e. The summed E-state index contributed by atoms with van der Waals surface area (Å²) >= 11 is 15.9. The number of likely N-dealkylation sites (N-methyl/N-ethyl adjacent to an activating group) is 1. The Morgan fingerprint density at radius 1 is 1.00 bits per heavy atom. The van der Waals surface area contributed by atoms with E-state index in [4.69, 9.17) is 23.2 Å². The van der Waals surface area contributed by atoms with Crippen LogP contribution in [0.3, 0.4) is 0 Å². The molecule has 0 radical (unpaired) electrons. The normalized spacial score (nSPS) is 12.0. The van der Waals surface area contributed by atoms with Gasteiger partial charge in [0, 0.05) is 23.1 Å². The SMILES string of the molecule is CNC(=O)[C@H](C)N(Cc1cccc(Br)c1)C(=O)CN(c1cc(Cl)ccc1Cl)S(=O)(=O)c1ccccc1. The van der Waals surface area contributed by atoms with Gasteiger partial charge in [-0.2, -0.15) is 0 Å². The number of carbonyl (C=O) groups is 2. The van der Waals surface area contributed by atoms with Crippen LogP contribution >= 0.6 is 39.1 Å². The predicted octanol–water partition coefficient (Wildman–Crippen LogP) is 5.11. The van der Waals surface area contributed by atoms with Gasteiger partial charge >= 0.3 is 0 Å². The van der Waals surface area contributed by atoms with Crippen LogP contribution in [0.2, 0.25) is 10.0 Å². The fourth-order valence-corrected chi connectivity index (χ4v) is 5.86. The highest BCUT2D eigenvalue weighted by molar-refractivity contribution is 9.10. The molecule has 190 valence electrons. The average Bonchev–Trinajstić information content (AvgIpc) is 2.86. The lowest BCUT2D eigenvalue weighted by atomic mass is 10.1. The number of amides is 2. The fourth-order valence-electron chi connectivity index (χ4n) is 3.53. The van der Waals surface area contributed by atoms with Crippen molar-refractivity contribution in [2.75, 3.05) is 17.9 Å². The van der Waals surface area contributed by atoms with E-state index in [0.29, 0.717) is 0 Å². The molecule has 1 N–H and O–H groups in total. The van der Waals surface area contributed by atoms with Crippen LogP contribution in [0.5, 0.6) is 0 Å². The van der Waals surface area contributed by atoms with Crippen molar-refractivity contribution >= 4 is 66.7 Å². The number of halogens is 3. The first-order valence-electron chi connectivity index (χ1n) is 10.8. The lowest BCUT2D eigenvalue weighted by molar-refractivity contribution is -0.139. The maximum Gasteiger partial charge on any atom is 0.264 e. The molecular formula is C25H24BrCl2N3O4S. The first kappa shape index (κ1) is 28.0. The number of benzene rings is 3. The van der Waals surface area contributed by atoms with Crippen LogP contribution < -0.4 is 9.62 Å². The molecule has 3 rings (SSSR count). The number of anilines is 1. The second kappa shape index (κ2) is 12.1. The van der Waals surface area contributed by atoms with Gasteiger partial charge in [-0.15, -0.1) is 0 Å². The van der Waals surface area contributed by atoms with Gasteiger partial charge in [-0.25, -0.2) is 8.42 Å². The van der Waals surface area contributed by atoms with Crippen molar-refractivity contribution in [1.82, 2.24) is 10.2 Å². The molecule has 3 aromatic rings. The lowest BCUT2D eigenvalue weighted by Gasteiger charge is -2.32. The molecule has 1 atom stereocenters. The standard InChI is InChI=1S/C25H24BrCl2N3O4S/c1-17(25(33)29-2)30(15-18-7-6-8-19(26)13-18)24(32)16-31(23-14-20(27)11-12-22(23)28)36(34,35)21-9-4-3-5-10-21/h3-14,17H,15-16H2,1-2H3,(H,29,33)/t17-/m0/s1. The first-order valence-corrected chi connectivity index (χ1v) is 13.8. The molecule has 0 bridgehead atoms. The van der Waals surface area contributed by atoms with Crippen molar-refractivity contribution in [3.8, 4) is 0 Å². The maximum absolute atomic E-state index is 13.7. The molecule has 0 unspecified atom stereocenters. The highest BCUT2D eigenvalue weighted by Crippen LogP contribution is 2.33. The number of hydrogen-bond donors (Lipinski definition) is 1. The summed E-state index contributed by atoms with van der Waals surface area (Å²) < 4.78 is 29.1. The van der Waals surface area contributed by atoms with E-state index in [2.05, 4.69) is 21.2 Å². The van der Waals surface area contributed by atoms with Gasteiger partial charge in [-0.1, -0.05) is 69.5 Å². The predicted molar refractivity (Wildman–Crippen MR) is 146 cm³/mol. The van der Waals surface area contributed by atoms with Crippen molar-refractivity contribution in [1.29, 1.82) is 0 Å². The summed E-state index contributed by atoms with van der Waals surface area (Å²) in [5.41, 5.74) is 0.808. The monoisotopic (exact) mass is 611 g/mol. The van der Waals surface area contributed by atoms with Crippen LogP contribution in [0, 0.1) is 0 Å². The maximum atomic E-state index is 13.7. The molecule has 0 aliphatic rings. The molecule has 0 aromatic heterocycles. The number of hydrogen-bond acceptors (Lipinski definition) is 4. The molecule has 0 saturated heterocycles. The number of nitrogens with zero attached hydrogens (tertiary/aromatic N) is 2. The molecule has 0 heterocycles. The van der Waals surface area contributed by atoms with Crippen LogP contribution in [0.4, 0.5) is 5.69 Å². The molecule has 0 fully saturated rings. The summed E-state index contributed by atoms with van der Waals surface area (Å²) in [6, 6.07) is 18.5. The van der Waals surface area contributed by atoms with E-state index >= 15 is 0 Å². The molecule has 36 heavy (non-hydrogen) atoms. The van der Waals surface area contributed by atoms with Gasteiger partial charge in [0.1, 0.15) is 12.6 Å². The highest BCUT2D eigenvalue weighted by Gasteiger charge is 2.33. The van der Waals surface area contributed by atoms with E-state index in [0.717, 1.165) is 14.3 Å². The molecular weight excluding hydrogens is 589 g/mol. The second-order valence-corrected chi connectivity index (χ2v) is 11.5. The Morgan fingerprint density at radius 3 is 2.33 bits per heavy atom. The number of rotatable bonds is 9. The van der Waals surface area contributed by atoms with Gasteiger partial charge in [0.05, 0.1) is 15.6 Å². The van der Waals surface area contributed by atoms with Crippen LogP contribution in [0.25, 0.3) is 0 Å². The van der Waals surface area contributed by atoms with Crippen molar-refractivity contribution in [2.45, 2.75) is 24.4 Å². The number of carbonyl (C=O) groups excluding carboxylic acids is 2. The summed E-state index contributed by atoms with van der Waals surface area (Å²) in [5.74, 6) is -0.988. The third-order valence-electron chi connectivity index (χ3n) is 5.44. The molecule has 0 saturated carbocycles. The lowest BCUT2D eigenvalue weighted by Crippen LogP contribution is -2.50. The van der Waals surface area contributed by atoms with E-state index in [1.165, 1.54) is 42.3 Å². The number of sulfonamides is 1. The summed E-state index contributed by atoms with van der Waals surface area (Å²) in [6.07, 6.45) is 0. The molecule has 0 aliphatic heterocycles. The Kier molecular flexibility index (Phi) is 9.41. The van der Waals surface area contributed by atoms with Gasteiger partial charge in [0.15, 0.2) is 0 Å². The molecule has 2 amide bonds. The minimum atomic E-state index is -4.22. The zero-order valence-corrected chi connectivity index (χ0v) is 23.4. The summed E-state index contributed by atoms with van der Waals surface area (Å²) in [7, 11) is -2.75. The van der Waals surface area contributed by atoms with Crippen molar-refractivity contribution < 1.29 is 18.0 Å². The van der Waals surface area contributed by atoms with Crippen LogP contribution in [0.15, 0.2) is 82.2 Å². The minimum absolute atomic E-state index is 0.0215. The Hall–Kier alpha value is -2.59. The Balaban J connectivity index is 2.07. The third-order valence-corrected chi connectivity index (χ3v) is 8.26. The molecule has 7 nitrogen and oxygen atoms in total. The molecule has 0 aliphatic carbocycles. The largest absolute Gasteiger partial charge is 0.357 e. The third kappa shape index (κ3) is 6.59. The van der Waals surface area contributed by atoms with E-state index in [1.807, 2.05) is 24.3 Å². The van der Waals surface area contributed by atoms with Gasteiger partial charge in [0.2, 0.25) is 11.8 Å². The Morgan fingerprint density at radius 2 is 1.69 bits per heavy atom. The van der Waals surface area contributed by atoms with Crippen molar-refractivity contribution in [2.24, 2.45) is 0 Å². The van der Waals surface area contributed by atoms with E-state index in [1.54, 1.807) is 25.1 Å². The zero-order valence-electron chi connectivity index (χ0n) is 19.5. The zero-order chi connectivity index (χ0) is 26.5. The average molecular weight is 613 g/mol. The molecule has 3 aromatic carbocycles. The first-order chi connectivity index (χ1) is 17.0. The van der Waals surface area contributed by atoms with E-state index in [-0.39, 0.29) is 27.2 Å². The number of nitrogens with one attached hydrogen (secondary N) is 1. The Labute approximate surface area is 229 Å². The van der Waals surface area contributed by atoms with Crippen molar-refractivity contribution in [3.63, 3.8) is 0 Å². The van der Waals surface area contributed by atoms with Crippen LogP contribution in [-0.4, -0.2) is 44.8 Å². The summed E-state index contributed by atoms with van der Waals surface area (Å²) in [5, 5.41) is 2.89. The molecule has 0 spiro atoms. The summed E-state index contributed by atoms with van der Waals surface area (Å²) in [4.78, 5) is 27.5. The topological polar surface area (TPSA) is 86.8 Å². The minimum Gasteiger partial charge on any atom is -0.357 e. The van der Waals surface area contributed by atoms with Crippen LogP contribution in [-0.2, 0) is 26.2 Å². The second-order valence-electron chi connectivity index (χ2n) is 7.86. The summed E-state index contributed by atoms with van der Waals surface area (Å²) in [6.45, 7) is 1.05. The van der Waals surface area contributed by atoms with Gasteiger partial charge in [0.25, 0.3) is 10.0 Å². The highest BCUT2D eigenvalue weighted by atomic mass is 79.9. The quantitative estimate of drug-likeness (QED) is 0.364. The van der Waals surface area contributed by atoms with Gasteiger partial charge < -0.3 is 10.2 Å². The van der Waals surface area contributed by atoms with E-state index in [9.17, 15) is 18.0 Å². The van der Waals surface area contributed by atoms with E-state index < -0.39 is 34.4 Å². The van der Waals surface area contributed by atoms with Gasteiger partial charge in [-0.05, 0) is 55.0 Å².